The van der Waals surface area contributed by atoms with Crippen LogP contribution in [0.1, 0.15) is 26.5 Å². The molecule has 122 valence electrons. The summed E-state index contributed by atoms with van der Waals surface area (Å²) in [6.45, 7) is 1.76. The molecule has 2 heterocycles. The topological polar surface area (TPSA) is 72.7 Å². The molecule has 1 N–H and O–H groups in total. The molecule has 1 aromatic carbocycles. The monoisotopic (exact) mass is 343 g/mol. The second-order valence-corrected chi connectivity index (χ2v) is 5.58. The largest absolute Gasteiger partial charge is 0.465 e. The second-order valence-electron chi connectivity index (χ2n) is 5.14. The van der Waals surface area contributed by atoms with Crippen molar-refractivity contribution < 1.29 is 14.3 Å². The number of carbonyl (C=O) groups excluding carboxylic acids is 2. The van der Waals surface area contributed by atoms with E-state index in [9.17, 15) is 9.59 Å². The highest BCUT2D eigenvalue weighted by molar-refractivity contribution is 6.30. The van der Waals surface area contributed by atoms with Crippen LogP contribution in [0.4, 0.5) is 5.69 Å². The summed E-state index contributed by atoms with van der Waals surface area (Å²) in [6.07, 6.45) is 1.70. The summed E-state index contributed by atoms with van der Waals surface area (Å²) in [5, 5.41) is 3.34. The Labute approximate surface area is 143 Å². The molecule has 0 atom stereocenters. The quantitative estimate of drug-likeness (QED) is 0.740. The van der Waals surface area contributed by atoms with E-state index in [1.54, 1.807) is 53.9 Å². The Morgan fingerprint density at radius 1 is 1.21 bits per heavy atom. The average Bonchev–Trinajstić information content (AvgIpc) is 2.89. The van der Waals surface area contributed by atoms with Gasteiger partial charge in [0.1, 0.15) is 11.3 Å². The van der Waals surface area contributed by atoms with Crippen LogP contribution < -0.4 is 5.32 Å². The summed E-state index contributed by atoms with van der Waals surface area (Å²) in [7, 11) is 1.32. The van der Waals surface area contributed by atoms with Crippen LogP contribution in [0.3, 0.4) is 0 Å². The van der Waals surface area contributed by atoms with Crippen molar-refractivity contribution in [2.45, 2.75) is 6.92 Å². The fraction of sp³-hybridized carbons (Fsp3) is 0.118. The summed E-state index contributed by atoms with van der Waals surface area (Å²) in [4.78, 5) is 28.3. The van der Waals surface area contributed by atoms with Gasteiger partial charge in [0.15, 0.2) is 0 Å². The lowest BCUT2D eigenvalue weighted by atomic mass is 10.2. The van der Waals surface area contributed by atoms with Crippen molar-refractivity contribution in [3.05, 3.63) is 64.6 Å². The molecule has 2 aromatic heterocycles. The van der Waals surface area contributed by atoms with Crippen LogP contribution in [0.15, 0.2) is 42.6 Å². The molecule has 24 heavy (non-hydrogen) atoms. The highest BCUT2D eigenvalue weighted by Crippen LogP contribution is 2.18. The van der Waals surface area contributed by atoms with Gasteiger partial charge in [0.2, 0.25) is 0 Å². The molecule has 7 heteroatoms. The van der Waals surface area contributed by atoms with Crippen LogP contribution in [0, 0.1) is 6.92 Å². The fourth-order valence-corrected chi connectivity index (χ4v) is 2.56. The van der Waals surface area contributed by atoms with E-state index in [1.807, 2.05) is 0 Å². The highest BCUT2D eigenvalue weighted by atomic mass is 35.5. The lowest BCUT2D eigenvalue weighted by Gasteiger charge is -2.07. The minimum atomic E-state index is -0.428. The van der Waals surface area contributed by atoms with E-state index >= 15 is 0 Å². The predicted octanol–water partition coefficient (Wildman–Crippen LogP) is 3.34. The van der Waals surface area contributed by atoms with E-state index in [1.165, 1.54) is 7.11 Å². The molecular weight excluding hydrogens is 330 g/mol. The maximum absolute atomic E-state index is 12.6. The molecule has 0 aliphatic heterocycles. The molecule has 3 rings (SSSR count). The first-order chi connectivity index (χ1) is 11.5. The first-order valence-corrected chi connectivity index (χ1v) is 7.51. The number of nitrogens with zero attached hydrogens (tertiary/aromatic N) is 2. The summed E-state index contributed by atoms with van der Waals surface area (Å²) in [6, 6.07) is 9.83. The van der Waals surface area contributed by atoms with Gasteiger partial charge in [0, 0.05) is 23.0 Å². The minimum Gasteiger partial charge on any atom is -0.465 e. The third-order valence-electron chi connectivity index (χ3n) is 3.54. The smallest absolute Gasteiger partial charge is 0.337 e. The molecule has 0 unspecified atom stereocenters. The lowest BCUT2D eigenvalue weighted by molar-refractivity contribution is 0.0600. The number of aromatic nitrogens is 2. The molecule has 0 bridgehead atoms. The van der Waals surface area contributed by atoms with Gasteiger partial charge in [-0.2, -0.15) is 0 Å². The number of methoxy groups -OCH3 is 1. The number of imidazole rings is 1. The van der Waals surface area contributed by atoms with Gasteiger partial charge >= 0.3 is 5.97 Å². The molecular formula is C17H14ClN3O3. The van der Waals surface area contributed by atoms with Gasteiger partial charge in [-0.25, -0.2) is 9.78 Å². The number of halogens is 1. The van der Waals surface area contributed by atoms with Gasteiger partial charge < -0.3 is 10.1 Å². The number of hydrogen-bond donors (Lipinski definition) is 1. The molecule has 0 aliphatic carbocycles. The summed E-state index contributed by atoms with van der Waals surface area (Å²) in [5.41, 5.74) is 2.61. The maximum Gasteiger partial charge on any atom is 0.337 e. The number of anilines is 1. The third-order valence-corrected chi connectivity index (χ3v) is 3.78. The van der Waals surface area contributed by atoms with Crippen LogP contribution >= 0.6 is 11.6 Å². The van der Waals surface area contributed by atoms with Crippen molar-refractivity contribution in [3.8, 4) is 0 Å². The van der Waals surface area contributed by atoms with E-state index in [2.05, 4.69) is 15.0 Å². The normalized spacial score (nSPS) is 10.6. The first-order valence-electron chi connectivity index (χ1n) is 7.13. The molecule has 0 aliphatic rings. The van der Waals surface area contributed by atoms with Crippen molar-refractivity contribution in [1.82, 2.24) is 9.38 Å². The number of benzene rings is 1. The maximum atomic E-state index is 12.6. The van der Waals surface area contributed by atoms with Crippen LogP contribution in [0.25, 0.3) is 5.65 Å². The Balaban J connectivity index is 1.87. The van der Waals surface area contributed by atoms with Crippen LogP contribution in [0.2, 0.25) is 5.02 Å². The fourth-order valence-electron chi connectivity index (χ4n) is 2.41. The number of amides is 1. The number of aryl methyl sites for hydroxylation is 1. The summed E-state index contributed by atoms with van der Waals surface area (Å²) in [5.74, 6) is -0.726. The highest BCUT2D eigenvalue weighted by Gasteiger charge is 2.17. The summed E-state index contributed by atoms with van der Waals surface area (Å²) < 4.78 is 6.32. The SMILES string of the molecule is COC(=O)c1ccc(NC(=O)c2c(C)nc3cc(Cl)ccn23)cc1. The van der Waals surface area contributed by atoms with Gasteiger partial charge in [-0.3, -0.25) is 9.20 Å². The van der Waals surface area contributed by atoms with Crippen molar-refractivity contribution in [1.29, 1.82) is 0 Å². The zero-order chi connectivity index (χ0) is 17.3. The van der Waals surface area contributed by atoms with Crippen molar-refractivity contribution in [2.75, 3.05) is 12.4 Å². The Bertz CT molecular complexity index is 932. The number of pyridine rings is 1. The zero-order valence-electron chi connectivity index (χ0n) is 13.0. The van der Waals surface area contributed by atoms with Gasteiger partial charge in [0.25, 0.3) is 5.91 Å². The molecule has 0 fully saturated rings. The van der Waals surface area contributed by atoms with Crippen molar-refractivity contribution in [2.24, 2.45) is 0 Å². The molecule has 0 saturated carbocycles. The Kier molecular flexibility index (Phi) is 4.22. The number of esters is 1. The predicted molar refractivity (Wildman–Crippen MR) is 90.7 cm³/mol. The number of carbonyl (C=O) groups is 2. The summed E-state index contributed by atoms with van der Waals surface area (Å²) >= 11 is 5.95. The molecule has 0 spiro atoms. The lowest BCUT2D eigenvalue weighted by Crippen LogP contribution is -2.15. The number of hydrogen-bond acceptors (Lipinski definition) is 4. The molecule has 3 aromatic rings. The van der Waals surface area contributed by atoms with E-state index < -0.39 is 5.97 Å². The third kappa shape index (κ3) is 2.96. The zero-order valence-corrected chi connectivity index (χ0v) is 13.8. The van der Waals surface area contributed by atoms with E-state index in [0.717, 1.165) is 0 Å². The Hall–Kier alpha value is -2.86. The minimum absolute atomic E-state index is 0.298. The van der Waals surface area contributed by atoms with E-state index in [0.29, 0.717) is 33.3 Å². The second kappa shape index (κ2) is 6.33. The number of ether oxygens (including phenoxy) is 1. The standard InChI is InChI=1S/C17H14ClN3O3/c1-10-15(21-8-7-12(18)9-14(21)19-10)16(22)20-13-5-3-11(4-6-13)17(23)24-2/h3-9H,1-2H3,(H,20,22). The van der Waals surface area contributed by atoms with Crippen LogP contribution in [-0.2, 0) is 4.74 Å². The molecule has 6 nitrogen and oxygen atoms in total. The van der Waals surface area contributed by atoms with Gasteiger partial charge in [-0.1, -0.05) is 11.6 Å². The van der Waals surface area contributed by atoms with Gasteiger partial charge in [-0.15, -0.1) is 0 Å². The molecule has 1 amide bonds. The van der Waals surface area contributed by atoms with Crippen LogP contribution in [0.5, 0.6) is 0 Å². The number of rotatable bonds is 3. The number of fused-ring (bicyclic) bond motifs is 1. The van der Waals surface area contributed by atoms with Crippen molar-refractivity contribution >= 4 is 34.8 Å². The molecule has 0 radical (unpaired) electrons. The Morgan fingerprint density at radius 3 is 2.58 bits per heavy atom. The molecule has 0 saturated heterocycles. The van der Waals surface area contributed by atoms with Crippen molar-refractivity contribution in [3.63, 3.8) is 0 Å². The van der Waals surface area contributed by atoms with E-state index in [4.69, 9.17) is 11.6 Å². The number of nitrogens with one attached hydrogen (secondary N) is 1. The average molecular weight is 344 g/mol. The Morgan fingerprint density at radius 2 is 1.92 bits per heavy atom. The van der Waals surface area contributed by atoms with Gasteiger partial charge in [-0.05, 0) is 37.3 Å². The van der Waals surface area contributed by atoms with E-state index in [-0.39, 0.29) is 5.91 Å². The first kappa shape index (κ1) is 16.0. The van der Waals surface area contributed by atoms with Gasteiger partial charge in [0.05, 0.1) is 18.4 Å². The van der Waals surface area contributed by atoms with Crippen LogP contribution in [-0.4, -0.2) is 28.4 Å².